The smallest absolute Gasteiger partial charge is 0.244 e. The van der Waals surface area contributed by atoms with Crippen LogP contribution in [0.5, 0.6) is 0 Å². The molecule has 0 amide bonds. The number of sulfonamides is 2. The van der Waals surface area contributed by atoms with Crippen molar-refractivity contribution >= 4 is 20.0 Å². The molecule has 0 bridgehead atoms. The van der Waals surface area contributed by atoms with Crippen LogP contribution in [0.3, 0.4) is 0 Å². The number of quaternary nitrogens is 1. The molecule has 1 fully saturated rings. The standard InChI is InChI=1S/C24H35N3O4S2/c1-17-13-19(3)23(20(4)14-17)32(28,29)25-7-8-26-9-11-27(12-10-26)33(30,31)24-21(5)15-18(2)16-22(24)6/h13-16,25H,7-12H2,1-6H3/p+1. The molecule has 2 N–H and O–H groups in total. The van der Waals surface area contributed by atoms with Crippen molar-refractivity contribution in [2.24, 2.45) is 0 Å². The van der Waals surface area contributed by atoms with Crippen LogP contribution < -0.4 is 9.62 Å². The Morgan fingerprint density at radius 2 is 1.18 bits per heavy atom. The Kier molecular flexibility index (Phi) is 7.70. The molecule has 1 heterocycles. The number of benzene rings is 2. The maximum Gasteiger partial charge on any atom is 0.244 e. The van der Waals surface area contributed by atoms with E-state index in [0.29, 0.717) is 49.1 Å². The monoisotopic (exact) mass is 494 g/mol. The lowest BCUT2D eigenvalue weighted by Crippen LogP contribution is -3.15. The molecule has 33 heavy (non-hydrogen) atoms. The zero-order chi connectivity index (χ0) is 24.6. The largest absolute Gasteiger partial charge is 0.332 e. The molecule has 2 aromatic rings. The number of rotatable bonds is 7. The first-order valence-electron chi connectivity index (χ1n) is 11.3. The van der Waals surface area contributed by atoms with E-state index in [4.69, 9.17) is 0 Å². The molecule has 1 saturated heterocycles. The van der Waals surface area contributed by atoms with Gasteiger partial charge in [-0.15, -0.1) is 0 Å². The molecule has 3 rings (SSSR count). The minimum absolute atomic E-state index is 0.313. The fraction of sp³-hybridized carbons (Fsp3) is 0.500. The highest BCUT2D eigenvalue weighted by Gasteiger charge is 2.32. The van der Waals surface area contributed by atoms with Crippen LogP contribution in [0.1, 0.15) is 33.4 Å². The molecule has 0 unspecified atom stereocenters. The highest BCUT2D eigenvalue weighted by molar-refractivity contribution is 7.89. The van der Waals surface area contributed by atoms with Gasteiger partial charge in [-0.2, -0.15) is 4.31 Å². The van der Waals surface area contributed by atoms with Gasteiger partial charge in [0.2, 0.25) is 20.0 Å². The Hall–Kier alpha value is -1.78. The third-order valence-electron chi connectivity index (χ3n) is 6.28. The van der Waals surface area contributed by atoms with Crippen molar-refractivity contribution < 1.29 is 21.7 Å². The molecule has 0 saturated carbocycles. The normalized spacial score (nSPS) is 16.3. The first kappa shape index (κ1) is 25.8. The predicted molar refractivity (Wildman–Crippen MR) is 131 cm³/mol. The molecule has 1 aliphatic rings. The predicted octanol–water partition coefficient (Wildman–Crippen LogP) is 1.40. The zero-order valence-corrected chi connectivity index (χ0v) is 22.1. The van der Waals surface area contributed by atoms with E-state index in [-0.39, 0.29) is 0 Å². The van der Waals surface area contributed by atoms with Gasteiger partial charge in [-0.05, 0) is 63.8 Å². The number of nitrogens with zero attached hydrogens (tertiary/aromatic N) is 1. The van der Waals surface area contributed by atoms with Gasteiger partial charge in [-0.25, -0.2) is 21.6 Å². The van der Waals surface area contributed by atoms with Crippen LogP contribution >= 0.6 is 0 Å². The molecular formula is C24H36N3O4S2+. The minimum atomic E-state index is -3.59. The fourth-order valence-electron chi connectivity index (χ4n) is 5.02. The van der Waals surface area contributed by atoms with Crippen molar-refractivity contribution in [1.29, 1.82) is 0 Å². The second kappa shape index (κ2) is 9.84. The molecule has 9 heteroatoms. The van der Waals surface area contributed by atoms with E-state index >= 15 is 0 Å². The third-order valence-corrected chi connectivity index (χ3v) is 10.2. The molecule has 0 aliphatic carbocycles. The van der Waals surface area contributed by atoms with E-state index in [2.05, 4.69) is 4.72 Å². The van der Waals surface area contributed by atoms with Gasteiger partial charge in [-0.1, -0.05) is 35.4 Å². The molecule has 7 nitrogen and oxygen atoms in total. The van der Waals surface area contributed by atoms with Crippen LogP contribution in [0.4, 0.5) is 0 Å². The first-order chi connectivity index (χ1) is 15.3. The zero-order valence-electron chi connectivity index (χ0n) is 20.4. The summed E-state index contributed by atoms with van der Waals surface area (Å²) in [6, 6.07) is 7.57. The highest BCUT2D eigenvalue weighted by Crippen LogP contribution is 2.25. The van der Waals surface area contributed by atoms with E-state index in [9.17, 15) is 16.8 Å². The lowest BCUT2D eigenvalue weighted by atomic mass is 10.1. The van der Waals surface area contributed by atoms with Crippen molar-refractivity contribution in [3.63, 3.8) is 0 Å². The molecular weight excluding hydrogens is 458 g/mol. The van der Waals surface area contributed by atoms with Crippen LogP contribution in [0.25, 0.3) is 0 Å². The molecule has 0 aromatic heterocycles. The van der Waals surface area contributed by atoms with Crippen LogP contribution in [0.2, 0.25) is 0 Å². The number of hydrogen-bond donors (Lipinski definition) is 2. The molecule has 2 aromatic carbocycles. The molecule has 0 atom stereocenters. The maximum atomic E-state index is 13.3. The SMILES string of the molecule is Cc1cc(C)c(S(=O)(=O)NCC[NH+]2CCN(S(=O)(=O)c3c(C)cc(C)cc3C)CC2)c(C)c1. The summed E-state index contributed by atoms with van der Waals surface area (Å²) in [5.41, 5.74) is 5.13. The lowest BCUT2D eigenvalue weighted by Gasteiger charge is -2.32. The van der Waals surface area contributed by atoms with Gasteiger partial charge in [0.1, 0.15) is 0 Å². The summed E-state index contributed by atoms with van der Waals surface area (Å²) < 4.78 is 56.5. The fourth-order valence-corrected chi connectivity index (χ4v) is 8.35. The number of aryl methyl sites for hydroxylation is 6. The Balaban J connectivity index is 1.59. The Bertz CT molecular complexity index is 1200. The van der Waals surface area contributed by atoms with E-state index in [1.54, 1.807) is 4.31 Å². The number of piperazine rings is 1. The van der Waals surface area contributed by atoms with Crippen molar-refractivity contribution in [2.45, 2.75) is 51.3 Å². The summed E-state index contributed by atoms with van der Waals surface area (Å²) in [7, 11) is -7.14. The van der Waals surface area contributed by atoms with Gasteiger partial charge in [0.05, 0.1) is 49.1 Å². The van der Waals surface area contributed by atoms with E-state index < -0.39 is 20.0 Å². The first-order valence-corrected chi connectivity index (χ1v) is 14.2. The Labute approximate surface area is 198 Å². The summed E-state index contributed by atoms with van der Waals surface area (Å²) in [5.74, 6) is 0. The maximum absolute atomic E-state index is 13.3. The van der Waals surface area contributed by atoms with E-state index in [0.717, 1.165) is 33.4 Å². The quantitative estimate of drug-likeness (QED) is 0.609. The second-order valence-electron chi connectivity index (χ2n) is 9.26. The summed E-state index contributed by atoms with van der Waals surface area (Å²) in [6.45, 7) is 14.3. The average molecular weight is 495 g/mol. The van der Waals surface area contributed by atoms with Gasteiger partial charge in [0.25, 0.3) is 0 Å². The molecule has 0 spiro atoms. The highest BCUT2D eigenvalue weighted by atomic mass is 32.2. The minimum Gasteiger partial charge on any atom is -0.332 e. The van der Waals surface area contributed by atoms with Crippen LogP contribution in [-0.2, 0) is 20.0 Å². The van der Waals surface area contributed by atoms with Gasteiger partial charge in [0.15, 0.2) is 0 Å². The average Bonchev–Trinajstić information content (AvgIpc) is 2.66. The topological polar surface area (TPSA) is 88.0 Å². The Morgan fingerprint density at radius 3 is 1.64 bits per heavy atom. The third kappa shape index (κ3) is 5.66. The number of nitrogens with one attached hydrogen (secondary N) is 2. The van der Waals surface area contributed by atoms with Gasteiger partial charge < -0.3 is 4.90 Å². The molecule has 0 radical (unpaired) electrons. The molecule has 182 valence electrons. The van der Waals surface area contributed by atoms with Gasteiger partial charge in [0, 0.05) is 0 Å². The molecule has 1 aliphatic heterocycles. The van der Waals surface area contributed by atoms with Crippen LogP contribution in [0.15, 0.2) is 34.1 Å². The Morgan fingerprint density at radius 1 is 0.758 bits per heavy atom. The van der Waals surface area contributed by atoms with Crippen molar-refractivity contribution in [3.05, 3.63) is 57.6 Å². The van der Waals surface area contributed by atoms with Gasteiger partial charge >= 0.3 is 0 Å². The van der Waals surface area contributed by atoms with Gasteiger partial charge in [-0.3, -0.25) is 0 Å². The van der Waals surface area contributed by atoms with Crippen molar-refractivity contribution in [1.82, 2.24) is 9.03 Å². The van der Waals surface area contributed by atoms with Crippen molar-refractivity contribution in [3.8, 4) is 0 Å². The van der Waals surface area contributed by atoms with Crippen molar-refractivity contribution in [2.75, 3.05) is 39.3 Å². The summed E-state index contributed by atoms with van der Waals surface area (Å²) in [4.78, 5) is 1.95. The summed E-state index contributed by atoms with van der Waals surface area (Å²) in [5, 5.41) is 0. The summed E-state index contributed by atoms with van der Waals surface area (Å²) >= 11 is 0. The van der Waals surface area contributed by atoms with Crippen LogP contribution in [-0.4, -0.2) is 60.4 Å². The lowest BCUT2D eigenvalue weighted by molar-refractivity contribution is -0.902. The van der Waals surface area contributed by atoms with Crippen LogP contribution in [0, 0.1) is 41.5 Å². The second-order valence-corrected chi connectivity index (χ2v) is 12.8. The summed E-state index contributed by atoms with van der Waals surface area (Å²) in [6.07, 6.45) is 0. The van der Waals surface area contributed by atoms with E-state index in [1.165, 1.54) is 4.90 Å². The number of hydrogen-bond acceptors (Lipinski definition) is 4. The van der Waals surface area contributed by atoms with E-state index in [1.807, 2.05) is 65.8 Å².